The number of ether oxygens (including phenoxy) is 1. The van der Waals surface area contributed by atoms with Crippen molar-refractivity contribution in [3.05, 3.63) is 46.3 Å². The fourth-order valence-corrected chi connectivity index (χ4v) is 3.11. The fourth-order valence-electron chi connectivity index (χ4n) is 2.07. The van der Waals surface area contributed by atoms with Gasteiger partial charge in [-0.25, -0.2) is 9.59 Å². The molecule has 0 radical (unpaired) electrons. The smallest absolute Gasteiger partial charge is 0.341 e. The molecule has 3 amide bonds. The molecule has 7 nitrogen and oxygen atoms in total. The van der Waals surface area contributed by atoms with E-state index in [4.69, 9.17) is 10.5 Å². The summed E-state index contributed by atoms with van der Waals surface area (Å²) in [7, 11) is 0. The molecule has 24 heavy (non-hydrogen) atoms. The highest BCUT2D eigenvalue weighted by atomic mass is 32.1. The average Bonchev–Trinajstić information content (AvgIpc) is 2.85. The van der Waals surface area contributed by atoms with Crippen LogP contribution in [0.3, 0.4) is 0 Å². The van der Waals surface area contributed by atoms with Crippen LogP contribution < -0.4 is 16.4 Å². The lowest BCUT2D eigenvalue weighted by molar-refractivity contribution is 0.0527. The maximum atomic E-state index is 12.1. The summed E-state index contributed by atoms with van der Waals surface area (Å²) < 4.78 is 4.99. The first kappa shape index (κ1) is 17.5. The van der Waals surface area contributed by atoms with Crippen LogP contribution >= 0.6 is 11.3 Å². The van der Waals surface area contributed by atoms with Crippen LogP contribution in [0.25, 0.3) is 0 Å². The molecule has 0 unspecified atom stereocenters. The standard InChI is InChI=1S/C16H17N3O4S/c1-3-23-15(21)11-9(2)12(13(17)20)24-14(11)19-16(22)18-10-7-5-4-6-8-10/h4-8H,3H2,1-2H3,(H2,17,20)(H2,18,19,22). The molecule has 2 aromatic rings. The number of esters is 1. The van der Waals surface area contributed by atoms with Gasteiger partial charge in [0.05, 0.1) is 17.0 Å². The zero-order valence-corrected chi connectivity index (χ0v) is 14.0. The van der Waals surface area contributed by atoms with Crippen LogP contribution in [0.5, 0.6) is 0 Å². The van der Waals surface area contributed by atoms with Gasteiger partial charge in [-0.1, -0.05) is 18.2 Å². The Morgan fingerprint density at radius 2 is 1.83 bits per heavy atom. The summed E-state index contributed by atoms with van der Waals surface area (Å²) in [6.07, 6.45) is 0. The molecule has 0 saturated heterocycles. The number of nitrogens with one attached hydrogen (secondary N) is 2. The van der Waals surface area contributed by atoms with E-state index in [0.717, 1.165) is 11.3 Å². The summed E-state index contributed by atoms with van der Waals surface area (Å²) in [6.45, 7) is 3.43. The number of thiophene rings is 1. The van der Waals surface area contributed by atoms with Crippen molar-refractivity contribution in [2.45, 2.75) is 13.8 Å². The second kappa shape index (κ2) is 7.60. The SMILES string of the molecule is CCOC(=O)c1c(NC(=O)Nc2ccccc2)sc(C(N)=O)c1C. The normalized spacial score (nSPS) is 10.1. The number of nitrogens with two attached hydrogens (primary N) is 1. The molecule has 0 aliphatic heterocycles. The van der Waals surface area contributed by atoms with Gasteiger partial charge in [-0.15, -0.1) is 11.3 Å². The van der Waals surface area contributed by atoms with Crippen LogP contribution in [0.4, 0.5) is 15.5 Å². The van der Waals surface area contributed by atoms with E-state index in [1.807, 2.05) is 6.07 Å². The maximum Gasteiger partial charge on any atom is 0.341 e. The Balaban J connectivity index is 2.28. The second-order valence-corrected chi connectivity index (χ2v) is 5.81. The number of para-hydroxylation sites is 1. The summed E-state index contributed by atoms with van der Waals surface area (Å²) in [5, 5.41) is 5.43. The molecular weight excluding hydrogens is 330 g/mol. The number of carbonyl (C=O) groups is 3. The van der Waals surface area contributed by atoms with Gasteiger partial charge >= 0.3 is 12.0 Å². The van der Waals surface area contributed by atoms with Crippen LogP contribution in [-0.2, 0) is 4.74 Å². The number of rotatable bonds is 5. The molecule has 0 spiro atoms. The maximum absolute atomic E-state index is 12.1. The summed E-state index contributed by atoms with van der Waals surface area (Å²) in [4.78, 5) is 35.9. The Kier molecular flexibility index (Phi) is 5.54. The number of primary amides is 1. The molecule has 0 bridgehead atoms. The minimum absolute atomic E-state index is 0.138. The molecular formula is C16H17N3O4S. The third-order valence-corrected chi connectivity index (χ3v) is 4.33. The van der Waals surface area contributed by atoms with E-state index in [9.17, 15) is 14.4 Å². The highest BCUT2D eigenvalue weighted by Crippen LogP contribution is 2.33. The summed E-state index contributed by atoms with van der Waals surface area (Å²) >= 11 is 0.940. The van der Waals surface area contributed by atoms with Gasteiger partial charge in [0.1, 0.15) is 5.00 Å². The molecule has 0 aliphatic carbocycles. The van der Waals surface area contributed by atoms with Crippen LogP contribution in [0.15, 0.2) is 30.3 Å². The van der Waals surface area contributed by atoms with E-state index in [1.165, 1.54) is 0 Å². The van der Waals surface area contributed by atoms with Crippen molar-refractivity contribution in [1.29, 1.82) is 0 Å². The number of hydrogen-bond acceptors (Lipinski definition) is 5. The van der Waals surface area contributed by atoms with E-state index < -0.39 is 17.9 Å². The zero-order valence-electron chi connectivity index (χ0n) is 13.2. The van der Waals surface area contributed by atoms with Gasteiger partial charge in [-0.2, -0.15) is 0 Å². The van der Waals surface area contributed by atoms with E-state index in [1.54, 1.807) is 38.1 Å². The number of urea groups is 1. The Labute approximate surface area is 142 Å². The molecule has 2 rings (SSSR count). The Hall–Kier alpha value is -2.87. The Morgan fingerprint density at radius 3 is 2.42 bits per heavy atom. The molecule has 126 valence electrons. The monoisotopic (exact) mass is 347 g/mol. The third kappa shape index (κ3) is 3.90. The number of carbonyl (C=O) groups excluding carboxylic acids is 3. The largest absolute Gasteiger partial charge is 0.462 e. The minimum atomic E-state index is -0.667. The third-order valence-electron chi connectivity index (χ3n) is 3.11. The average molecular weight is 347 g/mol. The zero-order chi connectivity index (χ0) is 17.7. The van der Waals surface area contributed by atoms with Crippen LogP contribution in [0, 0.1) is 6.92 Å². The number of hydrogen-bond donors (Lipinski definition) is 3. The van der Waals surface area contributed by atoms with Crippen LogP contribution in [0.1, 0.15) is 32.5 Å². The predicted octanol–water partition coefficient (Wildman–Crippen LogP) is 2.98. The topological polar surface area (TPSA) is 111 Å². The van der Waals surface area contributed by atoms with Crippen molar-refractivity contribution in [3.8, 4) is 0 Å². The molecule has 0 fully saturated rings. The van der Waals surface area contributed by atoms with Crippen LogP contribution in [0.2, 0.25) is 0 Å². The highest BCUT2D eigenvalue weighted by Gasteiger charge is 2.25. The number of benzene rings is 1. The molecule has 1 aromatic carbocycles. The van der Waals surface area contributed by atoms with Gasteiger partial charge in [-0.05, 0) is 31.5 Å². The van der Waals surface area contributed by atoms with E-state index in [-0.39, 0.29) is 22.0 Å². The van der Waals surface area contributed by atoms with Gasteiger partial charge in [0.2, 0.25) is 0 Å². The van der Waals surface area contributed by atoms with Gasteiger partial charge in [-0.3, -0.25) is 10.1 Å². The number of anilines is 2. The van der Waals surface area contributed by atoms with Crippen molar-refractivity contribution in [2.75, 3.05) is 17.2 Å². The summed E-state index contributed by atoms with van der Waals surface area (Å²) in [5.74, 6) is -1.28. The quantitative estimate of drug-likeness (QED) is 0.722. The molecule has 0 atom stereocenters. The lowest BCUT2D eigenvalue weighted by Gasteiger charge is -2.08. The number of amides is 3. The molecule has 8 heteroatoms. The van der Waals surface area contributed by atoms with Gasteiger partial charge < -0.3 is 15.8 Å². The van der Waals surface area contributed by atoms with Crippen molar-refractivity contribution in [2.24, 2.45) is 5.73 Å². The van der Waals surface area contributed by atoms with Crippen molar-refractivity contribution in [3.63, 3.8) is 0 Å². The first-order chi connectivity index (χ1) is 11.4. The van der Waals surface area contributed by atoms with Gasteiger partial charge in [0.25, 0.3) is 5.91 Å². The molecule has 0 saturated carbocycles. The lowest BCUT2D eigenvalue weighted by atomic mass is 10.1. The van der Waals surface area contributed by atoms with E-state index in [2.05, 4.69) is 10.6 Å². The van der Waals surface area contributed by atoms with E-state index in [0.29, 0.717) is 11.3 Å². The molecule has 4 N–H and O–H groups in total. The Morgan fingerprint density at radius 1 is 1.17 bits per heavy atom. The summed E-state index contributed by atoms with van der Waals surface area (Å²) in [5.41, 5.74) is 6.44. The first-order valence-electron chi connectivity index (χ1n) is 7.17. The van der Waals surface area contributed by atoms with Gasteiger partial charge in [0.15, 0.2) is 0 Å². The Bertz CT molecular complexity index is 771. The fraction of sp³-hybridized carbons (Fsp3) is 0.188. The highest BCUT2D eigenvalue weighted by molar-refractivity contribution is 7.18. The molecule has 0 aliphatic rings. The first-order valence-corrected chi connectivity index (χ1v) is 7.99. The van der Waals surface area contributed by atoms with Crippen LogP contribution in [-0.4, -0.2) is 24.5 Å². The second-order valence-electron chi connectivity index (χ2n) is 4.79. The van der Waals surface area contributed by atoms with Crippen molar-refractivity contribution >= 4 is 39.9 Å². The molecule has 1 heterocycles. The van der Waals surface area contributed by atoms with Crippen molar-refractivity contribution in [1.82, 2.24) is 0 Å². The van der Waals surface area contributed by atoms with E-state index >= 15 is 0 Å². The minimum Gasteiger partial charge on any atom is -0.462 e. The lowest BCUT2D eigenvalue weighted by Crippen LogP contribution is -2.20. The molecule has 1 aromatic heterocycles. The summed E-state index contributed by atoms with van der Waals surface area (Å²) in [6, 6.07) is 8.29. The van der Waals surface area contributed by atoms with Crippen molar-refractivity contribution < 1.29 is 19.1 Å². The predicted molar refractivity (Wildman–Crippen MR) is 92.6 cm³/mol. The van der Waals surface area contributed by atoms with Gasteiger partial charge in [0, 0.05) is 5.69 Å².